The molecule has 2 aliphatic rings. The number of ether oxygens (including phenoxy) is 1. The van der Waals surface area contributed by atoms with Crippen molar-refractivity contribution in [1.82, 2.24) is 0 Å². The standard InChI is InChI=1S/C14H20Cl2O/c15-13-3-1-11(9-13)5-7-17-8-6-12-2-4-14(16)10-12/h5-8,11-14H,1-4,9-10H2. The van der Waals surface area contributed by atoms with E-state index in [1.807, 2.05) is 0 Å². The Labute approximate surface area is 114 Å². The van der Waals surface area contributed by atoms with Crippen LogP contribution < -0.4 is 0 Å². The summed E-state index contributed by atoms with van der Waals surface area (Å²) in [4.78, 5) is 0. The summed E-state index contributed by atoms with van der Waals surface area (Å²) < 4.78 is 5.38. The molecule has 4 atom stereocenters. The van der Waals surface area contributed by atoms with E-state index in [2.05, 4.69) is 12.2 Å². The zero-order valence-electron chi connectivity index (χ0n) is 10.0. The first kappa shape index (κ1) is 13.3. The normalized spacial score (nSPS) is 38.5. The third-order valence-corrected chi connectivity index (χ3v) is 4.47. The second-order valence-corrected chi connectivity index (χ2v) is 6.37. The van der Waals surface area contributed by atoms with Crippen LogP contribution in [0.25, 0.3) is 0 Å². The van der Waals surface area contributed by atoms with Crippen molar-refractivity contribution < 1.29 is 4.74 Å². The number of halogens is 2. The van der Waals surface area contributed by atoms with E-state index >= 15 is 0 Å². The Hall–Kier alpha value is -0.140. The average Bonchev–Trinajstić information content (AvgIpc) is 2.88. The van der Waals surface area contributed by atoms with Crippen LogP contribution in [0.15, 0.2) is 24.7 Å². The van der Waals surface area contributed by atoms with Gasteiger partial charge in [0.1, 0.15) is 0 Å². The average molecular weight is 275 g/mol. The van der Waals surface area contributed by atoms with Crippen molar-refractivity contribution in [3.05, 3.63) is 24.7 Å². The van der Waals surface area contributed by atoms with Crippen molar-refractivity contribution in [2.24, 2.45) is 11.8 Å². The van der Waals surface area contributed by atoms with Gasteiger partial charge < -0.3 is 4.74 Å². The third kappa shape index (κ3) is 4.56. The summed E-state index contributed by atoms with van der Waals surface area (Å²) in [6.45, 7) is 0. The van der Waals surface area contributed by atoms with E-state index in [-0.39, 0.29) is 0 Å². The van der Waals surface area contributed by atoms with Gasteiger partial charge in [-0.2, -0.15) is 0 Å². The summed E-state index contributed by atoms with van der Waals surface area (Å²) in [5.74, 6) is 1.20. The number of rotatable bonds is 4. The van der Waals surface area contributed by atoms with Crippen LogP contribution in [0.1, 0.15) is 38.5 Å². The van der Waals surface area contributed by atoms with Gasteiger partial charge in [0.15, 0.2) is 0 Å². The zero-order valence-corrected chi connectivity index (χ0v) is 11.5. The molecule has 0 radical (unpaired) electrons. The van der Waals surface area contributed by atoms with Crippen LogP contribution in [0, 0.1) is 11.8 Å². The van der Waals surface area contributed by atoms with E-state index in [9.17, 15) is 0 Å². The minimum absolute atomic E-state index is 0.360. The van der Waals surface area contributed by atoms with Crippen molar-refractivity contribution in [2.45, 2.75) is 49.3 Å². The van der Waals surface area contributed by atoms with E-state index in [4.69, 9.17) is 27.9 Å². The highest BCUT2D eigenvalue weighted by atomic mass is 35.5. The molecule has 2 saturated carbocycles. The fourth-order valence-electron chi connectivity index (χ4n) is 2.63. The minimum atomic E-state index is 0.360. The largest absolute Gasteiger partial charge is 0.473 e. The van der Waals surface area contributed by atoms with Gasteiger partial charge in [-0.3, -0.25) is 0 Å². The quantitative estimate of drug-likeness (QED) is 0.526. The molecule has 0 aromatic heterocycles. The minimum Gasteiger partial charge on any atom is -0.473 e. The molecular formula is C14H20Cl2O. The fraction of sp³-hybridized carbons (Fsp3) is 0.714. The lowest BCUT2D eigenvalue weighted by Crippen LogP contribution is -1.91. The van der Waals surface area contributed by atoms with Crippen LogP contribution in [-0.2, 0) is 4.74 Å². The molecule has 0 aromatic rings. The van der Waals surface area contributed by atoms with Gasteiger partial charge in [-0.25, -0.2) is 0 Å². The first-order chi connectivity index (χ1) is 8.24. The Morgan fingerprint density at radius 2 is 1.24 bits per heavy atom. The van der Waals surface area contributed by atoms with Crippen molar-refractivity contribution in [1.29, 1.82) is 0 Å². The number of allylic oxidation sites excluding steroid dienone is 2. The molecule has 0 aromatic carbocycles. The van der Waals surface area contributed by atoms with Crippen LogP contribution in [0.4, 0.5) is 0 Å². The molecule has 0 spiro atoms. The Balaban J connectivity index is 1.62. The van der Waals surface area contributed by atoms with Crippen LogP contribution in [-0.4, -0.2) is 10.8 Å². The van der Waals surface area contributed by atoms with Crippen molar-refractivity contribution >= 4 is 23.2 Å². The Kier molecular flexibility index (Phi) is 5.24. The molecule has 0 heterocycles. The fourth-order valence-corrected chi connectivity index (χ4v) is 3.34. The molecule has 0 saturated heterocycles. The van der Waals surface area contributed by atoms with Gasteiger partial charge in [-0.1, -0.05) is 0 Å². The summed E-state index contributed by atoms with van der Waals surface area (Å²) in [7, 11) is 0. The summed E-state index contributed by atoms with van der Waals surface area (Å²) in [6.07, 6.45) is 14.7. The van der Waals surface area contributed by atoms with Crippen LogP contribution >= 0.6 is 23.2 Å². The number of alkyl halides is 2. The topological polar surface area (TPSA) is 9.23 Å². The van der Waals surface area contributed by atoms with Crippen molar-refractivity contribution in [2.75, 3.05) is 0 Å². The van der Waals surface area contributed by atoms with Gasteiger partial charge in [-0.15, -0.1) is 23.2 Å². The van der Waals surface area contributed by atoms with Gasteiger partial charge in [0, 0.05) is 10.8 Å². The monoisotopic (exact) mass is 274 g/mol. The highest BCUT2D eigenvalue weighted by Crippen LogP contribution is 2.31. The Bertz CT molecular complexity index is 260. The van der Waals surface area contributed by atoms with Crippen LogP contribution in [0.2, 0.25) is 0 Å². The lowest BCUT2D eigenvalue weighted by molar-refractivity contribution is 0.391. The third-order valence-electron chi connectivity index (χ3n) is 3.68. The number of hydrogen-bond acceptors (Lipinski definition) is 1. The maximum Gasteiger partial charge on any atom is 0.0864 e. The lowest BCUT2D eigenvalue weighted by atomic mass is 10.1. The van der Waals surface area contributed by atoms with Gasteiger partial charge in [0.25, 0.3) is 0 Å². The van der Waals surface area contributed by atoms with Gasteiger partial charge in [0.05, 0.1) is 12.5 Å². The zero-order chi connectivity index (χ0) is 12.1. The summed E-state index contributed by atoms with van der Waals surface area (Å²) >= 11 is 12.1. The van der Waals surface area contributed by atoms with E-state index in [0.29, 0.717) is 22.6 Å². The number of hydrogen-bond donors (Lipinski definition) is 0. The maximum absolute atomic E-state index is 6.05. The summed E-state index contributed by atoms with van der Waals surface area (Å²) in [6, 6.07) is 0. The summed E-state index contributed by atoms with van der Waals surface area (Å²) in [5.41, 5.74) is 0. The van der Waals surface area contributed by atoms with E-state index in [1.165, 1.54) is 12.8 Å². The molecule has 4 unspecified atom stereocenters. The first-order valence-corrected chi connectivity index (χ1v) is 7.38. The van der Waals surface area contributed by atoms with Crippen LogP contribution in [0.3, 0.4) is 0 Å². The summed E-state index contributed by atoms with van der Waals surface area (Å²) in [5, 5.41) is 0.721. The predicted octanol–water partition coefficient (Wildman–Crippen LogP) is 4.85. The lowest BCUT2D eigenvalue weighted by Gasteiger charge is -2.02. The maximum atomic E-state index is 6.05. The van der Waals surface area contributed by atoms with Crippen molar-refractivity contribution in [3.8, 4) is 0 Å². The highest BCUT2D eigenvalue weighted by Gasteiger charge is 2.21. The molecule has 3 heteroatoms. The second kappa shape index (κ2) is 6.70. The molecule has 17 heavy (non-hydrogen) atoms. The molecular weight excluding hydrogens is 255 g/mol. The van der Waals surface area contributed by atoms with E-state index in [1.54, 1.807) is 12.5 Å². The van der Waals surface area contributed by atoms with Gasteiger partial charge in [0.2, 0.25) is 0 Å². The molecule has 0 bridgehead atoms. The molecule has 2 fully saturated rings. The molecule has 0 N–H and O–H groups in total. The molecule has 0 aliphatic heterocycles. The van der Waals surface area contributed by atoms with Crippen LogP contribution in [0.5, 0.6) is 0 Å². The first-order valence-electron chi connectivity index (χ1n) is 6.51. The smallest absolute Gasteiger partial charge is 0.0864 e. The van der Waals surface area contributed by atoms with Gasteiger partial charge in [-0.05, 0) is 62.5 Å². The molecule has 1 nitrogen and oxygen atoms in total. The highest BCUT2D eigenvalue weighted by molar-refractivity contribution is 6.21. The molecule has 2 aliphatic carbocycles. The van der Waals surface area contributed by atoms with Gasteiger partial charge >= 0.3 is 0 Å². The molecule has 0 amide bonds. The SMILES string of the molecule is ClC1CCC(C=COC=CC2CCC(Cl)C2)C1. The Morgan fingerprint density at radius 3 is 1.59 bits per heavy atom. The van der Waals surface area contributed by atoms with E-state index in [0.717, 1.165) is 25.7 Å². The Morgan fingerprint density at radius 1 is 0.765 bits per heavy atom. The van der Waals surface area contributed by atoms with E-state index < -0.39 is 0 Å². The molecule has 2 rings (SSSR count). The second-order valence-electron chi connectivity index (χ2n) is 5.13. The van der Waals surface area contributed by atoms with Crippen molar-refractivity contribution in [3.63, 3.8) is 0 Å². The predicted molar refractivity (Wildman–Crippen MR) is 73.3 cm³/mol. The molecule has 96 valence electrons.